The van der Waals surface area contributed by atoms with Crippen LogP contribution >= 0.6 is 58.8 Å². The number of aromatic amines is 1. The van der Waals surface area contributed by atoms with Crippen LogP contribution in [0.1, 0.15) is 144 Å². The number of rotatable bonds is 65. The number of unbranched alkanes of at least 4 members (excludes halogenated alkanes) is 4. The predicted molar refractivity (Wildman–Crippen MR) is 512 cm³/mol. The summed E-state index contributed by atoms with van der Waals surface area (Å²) in [5.41, 5.74) is 27.0. The molecule has 0 fully saturated rings. The Morgan fingerprint density at radius 2 is 0.609 bits per heavy atom. The Labute approximate surface area is 802 Å². The van der Waals surface area contributed by atoms with E-state index >= 15 is 4.79 Å². The highest BCUT2D eigenvalue weighted by atomic mass is 35.5. The zero-order valence-electron chi connectivity index (χ0n) is 75.1. The van der Waals surface area contributed by atoms with Crippen LogP contribution in [0.2, 0.25) is 20.1 Å². The van der Waals surface area contributed by atoms with Crippen LogP contribution in [0.5, 0.6) is 0 Å². The third-order valence-corrected chi connectivity index (χ3v) is 22.5. The maximum absolute atomic E-state index is 15.2. The minimum atomic E-state index is -1.05. The zero-order valence-corrected chi connectivity index (χ0v) is 78.9. The lowest BCUT2D eigenvalue weighted by Crippen LogP contribution is -2.50. The number of hydrogen-bond acceptors (Lipinski definition) is 23. The second-order valence-electron chi connectivity index (χ2n) is 31.1. The molecule has 13 amide bonds. The van der Waals surface area contributed by atoms with Gasteiger partial charge in [0.25, 0.3) is 0 Å². The Kier molecular flexibility index (Phi) is 56.4. The Bertz CT molecular complexity index is 4320. The summed E-state index contributed by atoms with van der Waals surface area (Å²) in [6.45, 7) is 0.713. The number of carbonyl (C=O) groups is 13. The minimum absolute atomic E-state index is 0. The molecule has 0 unspecified atom stereocenters. The van der Waals surface area contributed by atoms with Gasteiger partial charge >= 0.3 is 24.4 Å². The SMILES string of the molecule is Cl.NCCCC[C@H](NC(=O)OCc1ccccc1Cl)C(=O)NCCNC(=O)CCN(CCC[C@@H](C(=O)NCCc1cc2ccccc2[nH]1)N(CCC(=O)NCCNC(=O)[C@H](CCCCN)NC(=O)OCc1ccccc1Cl)CCC(=O)NCCNC(=O)[C@H](CCCCN)NC(=O)OCc1ccccc1Cl)CCC(=O)NCCNC(=O)[C@H](CCCCN)NC(=O)OCc1ccccc1Cl. The van der Waals surface area contributed by atoms with E-state index in [1.165, 1.54) is 0 Å². The van der Waals surface area contributed by atoms with Gasteiger partial charge in [-0.1, -0.05) is 137 Å². The standard InChI is InChI=1S/C91H130Cl4N20O17.ClH/c92-69-25-6-1-21-64(69)59-129-88(125)110-74(30-11-15-40-96)83(120)105-49-45-100-79(116)36-54-114(55-37-80(117)101-46-50-106-84(121)75(31-12-16-41-97)111-89(126)130-60-65-22-2-7-26-70(65)93)53-19-34-78(87(124)104-44-35-68-58-63-20-5-10-29-73(63)109-68)115(56-38-81(118)102-47-51-107-85(122)76(32-13-17-42-98)112-90(127)131-61-66-23-3-8-27-71(66)94)57-39-82(119)103-48-52-108-86(123)77(33-14-18-43-99)113-91(128)132-62-67-24-4-9-28-72(67)95;/h1-10,20-29,58,74-78,109H,11-19,30-57,59-62,96-99H2,(H,100,116)(H,101,117)(H,102,118)(H,103,119)(H,104,124)(H,105,120)(H,106,121)(H,107,122)(H,108,123)(H,110,125)(H,111,126)(H,112,127)(H,113,128);1H/t74-,75-,76-,77-,78-;/m0./s1. The zero-order chi connectivity index (χ0) is 95.5. The summed E-state index contributed by atoms with van der Waals surface area (Å²) in [5.74, 6) is -4.44. The Morgan fingerprint density at radius 3 is 0.917 bits per heavy atom. The molecule has 133 heavy (non-hydrogen) atoms. The molecule has 22 N–H and O–H groups in total. The van der Waals surface area contributed by atoms with Gasteiger partial charge in [0.05, 0.1) is 6.04 Å². The number of para-hydroxylation sites is 1. The van der Waals surface area contributed by atoms with Crippen molar-refractivity contribution in [3.8, 4) is 0 Å². The molecule has 0 aliphatic heterocycles. The Morgan fingerprint density at radius 1 is 0.323 bits per heavy atom. The van der Waals surface area contributed by atoms with Gasteiger partial charge in [-0.2, -0.15) is 0 Å². The predicted octanol–water partition coefficient (Wildman–Crippen LogP) is 6.80. The van der Waals surface area contributed by atoms with E-state index in [0.29, 0.717) is 126 Å². The molecule has 0 spiro atoms. The van der Waals surface area contributed by atoms with E-state index in [-0.39, 0.29) is 195 Å². The first-order valence-corrected chi connectivity index (χ1v) is 46.3. The topological polar surface area (TPSA) is 542 Å². The normalized spacial score (nSPS) is 12.1. The lowest BCUT2D eigenvalue weighted by Gasteiger charge is -2.31. The summed E-state index contributed by atoms with van der Waals surface area (Å²) in [7, 11) is 0. The third kappa shape index (κ3) is 46.6. The van der Waals surface area contributed by atoms with Gasteiger partial charge in [0.1, 0.15) is 50.6 Å². The van der Waals surface area contributed by atoms with Gasteiger partial charge in [-0.05, 0) is 164 Å². The highest BCUT2D eigenvalue weighted by Gasteiger charge is 2.30. The van der Waals surface area contributed by atoms with Crippen LogP contribution in [0.15, 0.2) is 127 Å². The summed E-state index contributed by atoms with van der Waals surface area (Å²) in [5, 5.41) is 38.5. The molecule has 0 aliphatic rings. The van der Waals surface area contributed by atoms with Crippen LogP contribution in [0.3, 0.4) is 0 Å². The van der Waals surface area contributed by atoms with Gasteiger partial charge in [0, 0.05) is 171 Å². The molecule has 0 saturated carbocycles. The molecule has 42 heteroatoms. The molecule has 0 saturated heterocycles. The molecule has 0 bridgehead atoms. The molecule has 1 heterocycles. The summed E-state index contributed by atoms with van der Waals surface area (Å²) in [6.07, 6.45) is 1.81. The number of nitrogens with two attached hydrogens (primary N) is 4. The fourth-order valence-electron chi connectivity index (χ4n) is 13.7. The minimum Gasteiger partial charge on any atom is -0.445 e. The average Bonchev–Trinajstić information content (AvgIpc) is 1.70. The van der Waals surface area contributed by atoms with Crippen molar-refractivity contribution in [1.29, 1.82) is 0 Å². The molecule has 37 nitrogen and oxygen atoms in total. The summed E-state index contributed by atoms with van der Waals surface area (Å²) in [4.78, 5) is 185. The van der Waals surface area contributed by atoms with Crippen molar-refractivity contribution in [2.45, 2.75) is 179 Å². The smallest absolute Gasteiger partial charge is 0.408 e. The number of nitrogens with one attached hydrogen (secondary N) is 14. The van der Waals surface area contributed by atoms with Crippen LogP contribution in [-0.4, -0.2) is 240 Å². The van der Waals surface area contributed by atoms with Gasteiger partial charge in [-0.25, -0.2) is 19.2 Å². The number of alkyl carbamates (subject to hydrolysis) is 4. The van der Waals surface area contributed by atoms with E-state index in [2.05, 4.69) is 74.1 Å². The number of nitrogens with zero attached hydrogens (tertiary/aromatic N) is 2. The average molecular weight is 1950 g/mol. The van der Waals surface area contributed by atoms with Gasteiger partial charge in [0.2, 0.25) is 53.2 Å². The van der Waals surface area contributed by atoms with Gasteiger partial charge in [-0.3, -0.25) is 48.1 Å². The molecule has 6 aromatic rings. The van der Waals surface area contributed by atoms with Crippen molar-refractivity contribution in [3.63, 3.8) is 0 Å². The van der Waals surface area contributed by atoms with Crippen LogP contribution < -0.4 is 92.1 Å². The number of ether oxygens (including phenoxy) is 4. The van der Waals surface area contributed by atoms with Crippen molar-refractivity contribution >= 4 is 147 Å². The Balaban J connectivity index is 0.0000313. The van der Waals surface area contributed by atoms with Gasteiger partial charge in [-0.15, -0.1) is 12.4 Å². The largest absolute Gasteiger partial charge is 0.445 e. The molecule has 1 aromatic heterocycles. The lowest BCUT2D eigenvalue weighted by molar-refractivity contribution is -0.129. The molecular weight excluding hydrogens is 1820 g/mol. The van der Waals surface area contributed by atoms with Crippen molar-refractivity contribution in [3.05, 3.63) is 175 Å². The van der Waals surface area contributed by atoms with Crippen molar-refractivity contribution in [1.82, 2.24) is 83.9 Å². The summed E-state index contributed by atoms with van der Waals surface area (Å²) in [6, 6.07) is 31.9. The first-order valence-electron chi connectivity index (χ1n) is 44.8. The number of fused-ring (bicyclic) bond motifs is 1. The summed E-state index contributed by atoms with van der Waals surface area (Å²) < 4.78 is 21.6. The summed E-state index contributed by atoms with van der Waals surface area (Å²) >= 11 is 25.1. The number of benzene rings is 5. The fraction of sp³-hybridized carbons (Fsp3) is 0.505. The van der Waals surface area contributed by atoms with E-state index < -0.39 is 108 Å². The number of hydrogen-bond donors (Lipinski definition) is 18. The molecular formula is C91H131Cl5N20O17. The maximum atomic E-state index is 15.2. The molecule has 0 aliphatic carbocycles. The van der Waals surface area contributed by atoms with E-state index in [4.69, 9.17) is 88.3 Å². The van der Waals surface area contributed by atoms with Gasteiger partial charge in [0.15, 0.2) is 0 Å². The van der Waals surface area contributed by atoms with Crippen molar-refractivity contribution < 1.29 is 81.3 Å². The number of halogens is 5. The van der Waals surface area contributed by atoms with Crippen LogP contribution in [0, 0.1) is 0 Å². The maximum Gasteiger partial charge on any atom is 0.408 e. The van der Waals surface area contributed by atoms with E-state index in [0.717, 1.165) is 16.6 Å². The second-order valence-corrected chi connectivity index (χ2v) is 32.7. The first-order chi connectivity index (χ1) is 63.9. The monoisotopic (exact) mass is 1950 g/mol. The van der Waals surface area contributed by atoms with Crippen molar-refractivity contribution in [2.75, 3.05) is 118 Å². The second kappa shape index (κ2) is 66.5. The molecule has 732 valence electrons. The third-order valence-electron chi connectivity index (χ3n) is 21.0. The van der Waals surface area contributed by atoms with E-state index in [1.807, 2.05) is 35.2 Å². The van der Waals surface area contributed by atoms with Crippen LogP contribution in [0.25, 0.3) is 10.9 Å². The molecule has 0 radical (unpaired) electrons. The molecule has 6 rings (SSSR count). The fourth-order valence-corrected chi connectivity index (χ4v) is 14.4. The Hall–Kier alpha value is -10.8. The first kappa shape index (κ1) is 113. The number of H-pyrrole nitrogens is 1. The highest BCUT2D eigenvalue weighted by molar-refractivity contribution is 6.32. The number of amides is 13. The van der Waals surface area contributed by atoms with E-state index in [1.54, 1.807) is 102 Å². The highest BCUT2D eigenvalue weighted by Crippen LogP contribution is 2.22. The number of aromatic nitrogens is 1. The molecule has 5 aromatic carbocycles. The quantitative estimate of drug-likeness (QED) is 0.0138. The molecule has 5 atom stereocenters. The van der Waals surface area contributed by atoms with Gasteiger partial charge < -0.3 is 121 Å². The van der Waals surface area contributed by atoms with Crippen LogP contribution in [0.4, 0.5) is 19.2 Å². The number of carbonyl (C=O) groups excluding carboxylic acids is 13. The van der Waals surface area contributed by atoms with E-state index in [9.17, 15) is 57.5 Å². The van der Waals surface area contributed by atoms with Crippen LogP contribution in [-0.2, 0) is 94.9 Å². The van der Waals surface area contributed by atoms with Crippen molar-refractivity contribution in [2.24, 2.45) is 22.9 Å². The lowest BCUT2D eigenvalue weighted by atomic mass is 10.1.